The monoisotopic (exact) mass is 383 g/mol. The largest absolute Gasteiger partial charge is 0.494 e. The van der Waals surface area contributed by atoms with E-state index < -0.39 is 5.91 Å². The first-order chi connectivity index (χ1) is 13.7. The zero-order valence-corrected chi connectivity index (χ0v) is 15.4. The third-order valence-electron chi connectivity index (χ3n) is 3.80. The maximum absolute atomic E-state index is 12.1. The lowest BCUT2D eigenvalue weighted by molar-refractivity contribution is -0.120. The van der Waals surface area contributed by atoms with Crippen molar-refractivity contribution in [1.82, 2.24) is 10.7 Å². The molecule has 0 spiro atoms. The first-order valence-electron chi connectivity index (χ1n) is 8.88. The van der Waals surface area contributed by atoms with Crippen molar-refractivity contribution in [2.45, 2.75) is 13.3 Å². The number of amides is 2. The van der Waals surface area contributed by atoms with E-state index in [1.54, 1.807) is 18.2 Å². The van der Waals surface area contributed by atoms with E-state index in [1.165, 1.54) is 6.21 Å². The standard InChI is InChI=1S/C20H21N3O5/c1-2-9-26-16-6-3-14(4-7-16)11-22-23-19(24)12-21-20(25)15-5-8-17-18(10-15)28-13-27-17/h3-8,10-11H,2,9,12-13H2,1H3,(H,21,25)(H,23,24)/b22-11-. The maximum atomic E-state index is 12.1. The van der Waals surface area contributed by atoms with E-state index in [2.05, 4.69) is 15.8 Å². The molecule has 0 bridgehead atoms. The Bertz CT molecular complexity index is 865. The number of hydrogen-bond donors (Lipinski definition) is 2. The molecule has 3 rings (SSSR count). The molecule has 2 aromatic carbocycles. The van der Waals surface area contributed by atoms with Gasteiger partial charge in [0.25, 0.3) is 11.8 Å². The summed E-state index contributed by atoms with van der Waals surface area (Å²) in [4.78, 5) is 23.9. The van der Waals surface area contributed by atoms with Gasteiger partial charge in [-0.15, -0.1) is 0 Å². The second-order valence-electron chi connectivity index (χ2n) is 5.96. The summed E-state index contributed by atoms with van der Waals surface area (Å²) in [5.41, 5.74) is 3.56. The number of fused-ring (bicyclic) bond motifs is 1. The maximum Gasteiger partial charge on any atom is 0.259 e. The van der Waals surface area contributed by atoms with Crippen LogP contribution in [0.4, 0.5) is 0 Å². The lowest BCUT2D eigenvalue weighted by Crippen LogP contribution is -2.34. The predicted octanol–water partition coefficient (Wildman–Crippen LogP) is 2.08. The molecular weight excluding hydrogens is 362 g/mol. The van der Waals surface area contributed by atoms with Gasteiger partial charge in [-0.25, -0.2) is 5.43 Å². The fourth-order valence-electron chi connectivity index (χ4n) is 2.39. The molecule has 0 saturated carbocycles. The molecule has 2 N–H and O–H groups in total. The van der Waals surface area contributed by atoms with E-state index in [0.717, 1.165) is 17.7 Å². The summed E-state index contributed by atoms with van der Waals surface area (Å²) in [6.45, 7) is 2.65. The van der Waals surface area contributed by atoms with E-state index >= 15 is 0 Å². The number of benzene rings is 2. The third-order valence-corrected chi connectivity index (χ3v) is 3.80. The highest BCUT2D eigenvalue weighted by Gasteiger charge is 2.16. The molecule has 0 atom stereocenters. The van der Waals surface area contributed by atoms with Gasteiger partial charge >= 0.3 is 0 Å². The molecule has 8 nitrogen and oxygen atoms in total. The number of hydrazone groups is 1. The van der Waals surface area contributed by atoms with Crippen LogP contribution in [0, 0.1) is 0 Å². The van der Waals surface area contributed by atoms with Gasteiger partial charge < -0.3 is 19.5 Å². The molecule has 0 aliphatic carbocycles. The Labute approximate surface area is 162 Å². The summed E-state index contributed by atoms with van der Waals surface area (Å²) in [6.07, 6.45) is 2.46. The van der Waals surface area contributed by atoms with E-state index in [4.69, 9.17) is 14.2 Å². The topological polar surface area (TPSA) is 98.2 Å². The molecule has 2 aromatic rings. The van der Waals surface area contributed by atoms with Crippen LogP contribution in [0.1, 0.15) is 29.3 Å². The summed E-state index contributed by atoms with van der Waals surface area (Å²) in [6, 6.07) is 12.2. The van der Waals surface area contributed by atoms with Crippen molar-refractivity contribution in [3.05, 3.63) is 53.6 Å². The first-order valence-corrected chi connectivity index (χ1v) is 8.88. The van der Waals surface area contributed by atoms with Gasteiger partial charge in [0.05, 0.1) is 19.4 Å². The van der Waals surface area contributed by atoms with Crippen molar-refractivity contribution in [3.63, 3.8) is 0 Å². The quantitative estimate of drug-likeness (QED) is 0.537. The second kappa shape index (κ2) is 9.40. The van der Waals surface area contributed by atoms with Crippen LogP contribution in [0.3, 0.4) is 0 Å². The molecule has 0 fully saturated rings. The fraction of sp³-hybridized carbons (Fsp3) is 0.250. The van der Waals surface area contributed by atoms with Gasteiger partial charge in [-0.3, -0.25) is 9.59 Å². The number of ether oxygens (including phenoxy) is 3. The fourth-order valence-corrected chi connectivity index (χ4v) is 2.39. The van der Waals surface area contributed by atoms with Gasteiger partial charge in [-0.1, -0.05) is 6.92 Å². The van der Waals surface area contributed by atoms with Crippen LogP contribution in [0.25, 0.3) is 0 Å². The number of rotatable bonds is 8. The number of nitrogens with zero attached hydrogens (tertiary/aromatic N) is 1. The summed E-state index contributed by atoms with van der Waals surface area (Å²) in [5, 5.41) is 6.41. The molecule has 0 unspecified atom stereocenters. The van der Waals surface area contributed by atoms with E-state index in [1.807, 2.05) is 31.2 Å². The van der Waals surface area contributed by atoms with Crippen LogP contribution in [-0.4, -0.2) is 38.0 Å². The number of hydrogen-bond acceptors (Lipinski definition) is 6. The molecule has 1 aliphatic heterocycles. The van der Waals surface area contributed by atoms with E-state index in [9.17, 15) is 9.59 Å². The van der Waals surface area contributed by atoms with Crippen LogP contribution >= 0.6 is 0 Å². The minimum atomic E-state index is -0.437. The molecule has 1 heterocycles. The van der Waals surface area contributed by atoms with Gasteiger partial charge in [0.15, 0.2) is 11.5 Å². The first kappa shape index (κ1) is 19.2. The average Bonchev–Trinajstić information content (AvgIpc) is 3.19. The highest BCUT2D eigenvalue weighted by Crippen LogP contribution is 2.32. The Kier molecular flexibility index (Phi) is 6.46. The number of carbonyl (C=O) groups is 2. The molecular formula is C20H21N3O5. The summed E-state index contributed by atoms with van der Waals surface area (Å²) >= 11 is 0. The van der Waals surface area contributed by atoms with Crippen molar-refractivity contribution in [1.29, 1.82) is 0 Å². The van der Waals surface area contributed by atoms with Crippen LogP contribution < -0.4 is 25.0 Å². The van der Waals surface area contributed by atoms with Crippen molar-refractivity contribution in [2.24, 2.45) is 5.10 Å². The molecule has 146 valence electrons. The minimum absolute atomic E-state index is 0.134. The van der Waals surface area contributed by atoms with Crippen LogP contribution in [0.15, 0.2) is 47.6 Å². The Balaban J connectivity index is 1.42. The van der Waals surface area contributed by atoms with Crippen LogP contribution in [0.5, 0.6) is 17.2 Å². The summed E-state index contributed by atoms with van der Waals surface area (Å²) in [7, 11) is 0. The number of nitrogens with one attached hydrogen (secondary N) is 2. The van der Waals surface area contributed by atoms with Gasteiger partial charge in [0.1, 0.15) is 5.75 Å². The normalized spacial score (nSPS) is 12.0. The average molecular weight is 383 g/mol. The zero-order valence-electron chi connectivity index (χ0n) is 15.4. The van der Waals surface area contributed by atoms with Crippen LogP contribution in [-0.2, 0) is 4.79 Å². The van der Waals surface area contributed by atoms with Gasteiger partial charge in [-0.2, -0.15) is 5.10 Å². The summed E-state index contributed by atoms with van der Waals surface area (Å²) < 4.78 is 15.9. The lowest BCUT2D eigenvalue weighted by atomic mass is 10.2. The zero-order chi connectivity index (χ0) is 19.8. The van der Waals surface area contributed by atoms with Gasteiger partial charge in [-0.05, 0) is 54.4 Å². The lowest BCUT2D eigenvalue weighted by Gasteiger charge is -2.05. The molecule has 1 aliphatic rings. The molecule has 0 aromatic heterocycles. The van der Waals surface area contributed by atoms with Gasteiger partial charge in [0, 0.05) is 5.56 Å². The third kappa shape index (κ3) is 5.23. The van der Waals surface area contributed by atoms with E-state index in [-0.39, 0.29) is 19.2 Å². The molecule has 0 radical (unpaired) electrons. The molecule has 0 saturated heterocycles. The second-order valence-corrected chi connectivity index (χ2v) is 5.96. The highest BCUT2D eigenvalue weighted by molar-refractivity contribution is 5.97. The Hall–Kier alpha value is -3.55. The van der Waals surface area contributed by atoms with Crippen molar-refractivity contribution in [3.8, 4) is 17.2 Å². The van der Waals surface area contributed by atoms with E-state index in [0.29, 0.717) is 23.7 Å². The molecule has 2 amide bonds. The minimum Gasteiger partial charge on any atom is -0.494 e. The molecule has 28 heavy (non-hydrogen) atoms. The van der Waals surface area contributed by atoms with Crippen molar-refractivity contribution in [2.75, 3.05) is 19.9 Å². The van der Waals surface area contributed by atoms with Crippen LogP contribution in [0.2, 0.25) is 0 Å². The van der Waals surface area contributed by atoms with Crippen molar-refractivity contribution < 1.29 is 23.8 Å². The smallest absolute Gasteiger partial charge is 0.259 e. The molecule has 8 heteroatoms. The predicted molar refractivity (Wildman–Crippen MR) is 103 cm³/mol. The Morgan fingerprint density at radius 1 is 1.14 bits per heavy atom. The Morgan fingerprint density at radius 3 is 2.71 bits per heavy atom. The van der Waals surface area contributed by atoms with Gasteiger partial charge in [0.2, 0.25) is 6.79 Å². The highest BCUT2D eigenvalue weighted by atomic mass is 16.7. The Morgan fingerprint density at radius 2 is 1.93 bits per heavy atom. The van der Waals surface area contributed by atoms with Crippen molar-refractivity contribution >= 4 is 18.0 Å². The summed E-state index contributed by atoms with van der Waals surface area (Å²) in [5.74, 6) is 1.06. The SMILES string of the molecule is CCCOc1ccc(/C=N\NC(=O)CNC(=O)c2ccc3c(c2)OCO3)cc1. The number of carbonyl (C=O) groups excluding carboxylic acids is 2.